The molecule has 0 N–H and O–H groups in total. The van der Waals surface area contributed by atoms with E-state index in [4.69, 9.17) is 4.42 Å². The van der Waals surface area contributed by atoms with E-state index < -0.39 is 0 Å². The maximum absolute atomic E-state index is 12.8. The summed E-state index contributed by atoms with van der Waals surface area (Å²) in [6, 6.07) is 10.0. The van der Waals surface area contributed by atoms with Crippen LogP contribution in [-0.4, -0.2) is 28.4 Å². The fourth-order valence-electron chi connectivity index (χ4n) is 3.51. The van der Waals surface area contributed by atoms with Gasteiger partial charge in [0.25, 0.3) is 5.91 Å². The van der Waals surface area contributed by atoms with Crippen molar-refractivity contribution in [3.05, 3.63) is 41.8 Å². The Morgan fingerprint density at radius 1 is 1.26 bits per heavy atom. The molecule has 3 heterocycles. The standard InChI is InChI=1S/C19H20N2O2/c1-12-7-5-6-10-21(12)19(22)17-11-15-13(2)20-16-9-4-3-8-14(16)18(15)23-17/h3-4,8-9,11-12H,5-7,10H2,1-2H3. The SMILES string of the molecule is Cc1nc2ccccc2c2oc(C(=O)N3CCCCC3C)cc12. The van der Waals surface area contributed by atoms with Gasteiger partial charge in [0.15, 0.2) is 5.76 Å². The third kappa shape index (κ3) is 2.29. The number of amides is 1. The van der Waals surface area contributed by atoms with E-state index >= 15 is 0 Å². The third-order valence-electron chi connectivity index (χ3n) is 4.83. The number of likely N-dealkylation sites (tertiary alicyclic amines) is 1. The second-order valence-corrected chi connectivity index (χ2v) is 6.41. The number of carbonyl (C=O) groups excluding carboxylic acids is 1. The summed E-state index contributed by atoms with van der Waals surface area (Å²) in [5, 5.41) is 1.88. The fraction of sp³-hybridized carbons (Fsp3) is 0.368. The number of para-hydroxylation sites is 1. The molecular weight excluding hydrogens is 288 g/mol. The zero-order valence-corrected chi connectivity index (χ0v) is 13.5. The van der Waals surface area contributed by atoms with Gasteiger partial charge in [-0.1, -0.05) is 12.1 Å². The highest BCUT2D eigenvalue weighted by Crippen LogP contribution is 2.30. The van der Waals surface area contributed by atoms with Gasteiger partial charge in [0.2, 0.25) is 0 Å². The second-order valence-electron chi connectivity index (χ2n) is 6.41. The summed E-state index contributed by atoms with van der Waals surface area (Å²) in [4.78, 5) is 19.4. The molecule has 118 valence electrons. The molecule has 0 bridgehead atoms. The van der Waals surface area contributed by atoms with Gasteiger partial charge in [0.1, 0.15) is 5.58 Å². The average Bonchev–Trinajstić information content (AvgIpc) is 3.01. The molecular formula is C19H20N2O2. The first-order chi connectivity index (χ1) is 11.1. The number of aryl methyl sites for hydroxylation is 1. The number of carbonyl (C=O) groups is 1. The zero-order chi connectivity index (χ0) is 16.0. The van der Waals surface area contributed by atoms with E-state index in [-0.39, 0.29) is 11.9 Å². The lowest BCUT2D eigenvalue weighted by Crippen LogP contribution is -2.41. The lowest BCUT2D eigenvalue weighted by Gasteiger charge is -2.32. The average molecular weight is 308 g/mol. The van der Waals surface area contributed by atoms with Crippen molar-refractivity contribution in [3.8, 4) is 0 Å². The molecule has 0 aliphatic carbocycles. The number of fused-ring (bicyclic) bond motifs is 3. The number of furan rings is 1. The maximum Gasteiger partial charge on any atom is 0.289 e. The van der Waals surface area contributed by atoms with Crippen LogP contribution in [0.15, 0.2) is 34.7 Å². The lowest BCUT2D eigenvalue weighted by molar-refractivity contribution is 0.0605. The Kier molecular flexibility index (Phi) is 3.33. The molecule has 0 spiro atoms. The molecule has 4 nitrogen and oxygen atoms in total. The summed E-state index contributed by atoms with van der Waals surface area (Å²) in [5.41, 5.74) is 2.56. The number of benzene rings is 1. The van der Waals surface area contributed by atoms with Crippen LogP contribution < -0.4 is 0 Å². The van der Waals surface area contributed by atoms with Gasteiger partial charge in [-0.15, -0.1) is 0 Å². The van der Waals surface area contributed by atoms with Crippen molar-refractivity contribution >= 4 is 27.8 Å². The van der Waals surface area contributed by atoms with Gasteiger partial charge in [-0.05, 0) is 51.3 Å². The molecule has 3 aromatic rings. The molecule has 1 unspecified atom stereocenters. The minimum Gasteiger partial charge on any atom is -0.450 e. The largest absolute Gasteiger partial charge is 0.450 e. The van der Waals surface area contributed by atoms with Crippen molar-refractivity contribution in [1.29, 1.82) is 0 Å². The molecule has 1 saturated heterocycles. The van der Waals surface area contributed by atoms with Gasteiger partial charge < -0.3 is 9.32 Å². The van der Waals surface area contributed by atoms with Gasteiger partial charge in [-0.25, -0.2) is 0 Å². The summed E-state index contributed by atoms with van der Waals surface area (Å²) < 4.78 is 5.99. The number of nitrogens with zero attached hydrogens (tertiary/aromatic N) is 2. The number of hydrogen-bond donors (Lipinski definition) is 0. The zero-order valence-electron chi connectivity index (χ0n) is 13.5. The summed E-state index contributed by atoms with van der Waals surface area (Å²) in [6.45, 7) is 4.89. The van der Waals surface area contributed by atoms with Crippen LogP contribution >= 0.6 is 0 Å². The van der Waals surface area contributed by atoms with Crippen LogP contribution in [0.4, 0.5) is 0 Å². The van der Waals surface area contributed by atoms with E-state index in [1.54, 1.807) is 0 Å². The Bertz CT molecular complexity index is 897. The van der Waals surface area contributed by atoms with E-state index in [0.717, 1.165) is 47.0 Å². The number of piperidine rings is 1. The third-order valence-corrected chi connectivity index (χ3v) is 4.83. The van der Waals surface area contributed by atoms with Crippen molar-refractivity contribution in [2.45, 2.75) is 39.2 Å². The van der Waals surface area contributed by atoms with E-state index in [9.17, 15) is 4.79 Å². The van der Waals surface area contributed by atoms with Crippen LogP contribution in [0.25, 0.3) is 21.9 Å². The molecule has 1 aliphatic rings. The van der Waals surface area contributed by atoms with E-state index in [2.05, 4.69) is 11.9 Å². The molecule has 1 atom stereocenters. The maximum atomic E-state index is 12.8. The topological polar surface area (TPSA) is 46.3 Å². The molecule has 4 rings (SSSR count). The minimum absolute atomic E-state index is 0.00289. The molecule has 1 amide bonds. The lowest BCUT2D eigenvalue weighted by atomic mass is 10.0. The molecule has 23 heavy (non-hydrogen) atoms. The number of pyridine rings is 1. The predicted molar refractivity (Wildman–Crippen MR) is 90.6 cm³/mol. The first-order valence-corrected chi connectivity index (χ1v) is 8.25. The molecule has 1 aliphatic heterocycles. The number of aromatic nitrogens is 1. The monoisotopic (exact) mass is 308 g/mol. The van der Waals surface area contributed by atoms with Crippen LogP contribution in [0.2, 0.25) is 0 Å². The van der Waals surface area contributed by atoms with Crippen molar-refractivity contribution in [2.24, 2.45) is 0 Å². The van der Waals surface area contributed by atoms with Crippen molar-refractivity contribution in [2.75, 3.05) is 6.54 Å². The van der Waals surface area contributed by atoms with Crippen molar-refractivity contribution in [3.63, 3.8) is 0 Å². The number of rotatable bonds is 1. The highest BCUT2D eigenvalue weighted by atomic mass is 16.3. The van der Waals surface area contributed by atoms with Crippen molar-refractivity contribution in [1.82, 2.24) is 9.88 Å². The highest BCUT2D eigenvalue weighted by Gasteiger charge is 2.27. The van der Waals surface area contributed by atoms with E-state index in [1.807, 2.05) is 42.2 Å². The quantitative estimate of drug-likeness (QED) is 0.673. The summed E-state index contributed by atoms with van der Waals surface area (Å²) in [6.07, 6.45) is 3.33. The van der Waals surface area contributed by atoms with Crippen molar-refractivity contribution < 1.29 is 9.21 Å². The number of hydrogen-bond acceptors (Lipinski definition) is 3. The normalized spacial score (nSPS) is 18.7. The molecule has 0 radical (unpaired) electrons. The van der Waals surface area contributed by atoms with Crippen LogP contribution in [0.1, 0.15) is 42.4 Å². The second kappa shape index (κ2) is 5.37. The van der Waals surface area contributed by atoms with Gasteiger partial charge in [0, 0.05) is 29.1 Å². The summed E-state index contributed by atoms with van der Waals surface area (Å²) in [5.74, 6) is 0.423. The van der Waals surface area contributed by atoms with Crippen LogP contribution in [0.3, 0.4) is 0 Å². The first kappa shape index (κ1) is 14.2. The molecule has 1 aromatic carbocycles. The minimum atomic E-state index is -0.00289. The summed E-state index contributed by atoms with van der Waals surface area (Å²) in [7, 11) is 0. The molecule has 1 fully saturated rings. The Hall–Kier alpha value is -2.36. The van der Waals surface area contributed by atoms with Crippen LogP contribution in [0.5, 0.6) is 0 Å². The van der Waals surface area contributed by atoms with Crippen LogP contribution in [0, 0.1) is 6.92 Å². The Labute approximate surface area is 135 Å². The van der Waals surface area contributed by atoms with Gasteiger partial charge in [-0.2, -0.15) is 0 Å². The smallest absolute Gasteiger partial charge is 0.289 e. The van der Waals surface area contributed by atoms with Gasteiger partial charge in [-0.3, -0.25) is 9.78 Å². The fourth-order valence-corrected chi connectivity index (χ4v) is 3.51. The Morgan fingerprint density at radius 3 is 2.91 bits per heavy atom. The predicted octanol–water partition coefficient (Wildman–Crippen LogP) is 4.30. The first-order valence-electron chi connectivity index (χ1n) is 8.25. The molecule has 2 aromatic heterocycles. The van der Waals surface area contributed by atoms with E-state index in [0.29, 0.717) is 5.76 Å². The van der Waals surface area contributed by atoms with Gasteiger partial charge in [0.05, 0.1) is 5.52 Å². The Morgan fingerprint density at radius 2 is 2.09 bits per heavy atom. The molecule has 0 saturated carbocycles. The molecule has 4 heteroatoms. The van der Waals surface area contributed by atoms with E-state index in [1.165, 1.54) is 6.42 Å². The Balaban J connectivity index is 1.84. The van der Waals surface area contributed by atoms with Crippen LogP contribution in [-0.2, 0) is 0 Å². The summed E-state index contributed by atoms with van der Waals surface area (Å²) >= 11 is 0. The van der Waals surface area contributed by atoms with Gasteiger partial charge >= 0.3 is 0 Å². The highest BCUT2D eigenvalue weighted by molar-refractivity contribution is 6.06.